The quantitative estimate of drug-likeness (QED) is 0.881. The molecular formula is C15H16BrN3O. The van der Waals surface area contributed by atoms with Gasteiger partial charge in [-0.15, -0.1) is 0 Å². The molecule has 0 unspecified atom stereocenters. The van der Waals surface area contributed by atoms with Crippen LogP contribution in [-0.2, 0) is 11.2 Å². The normalized spacial score (nSPS) is 10.2. The molecule has 0 aliphatic heterocycles. The van der Waals surface area contributed by atoms with Crippen LogP contribution < -0.4 is 11.1 Å². The van der Waals surface area contributed by atoms with Crippen LogP contribution in [0.15, 0.2) is 47.1 Å². The van der Waals surface area contributed by atoms with Gasteiger partial charge in [0.1, 0.15) is 5.82 Å². The van der Waals surface area contributed by atoms with Crippen LogP contribution in [0.2, 0.25) is 0 Å². The number of hydrogen-bond acceptors (Lipinski definition) is 3. The molecule has 0 saturated heterocycles. The Morgan fingerprint density at radius 1 is 1.20 bits per heavy atom. The van der Waals surface area contributed by atoms with E-state index in [1.807, 2.05) is 12.1 Å². The summed E-state index contributed by atoms with van der Waals surface area (Å²) in [6, 6.07) is 11.5. The Bertz CT molecular complexity index is 567. The van der Waals surface area contributed by atoms with Gasteiger partial charge in [-0.05, 0) is 42.7 Å². The lowest BCUT2D eigenvalue weighted by atomic mass is 10.1. The largest absolute Gasteiger partial charge is 0.397 e. The third kappa shape index (κ3) is 4.66. The molecule has 1 amide bonds. The third-order valence-corrected chi connectivity index (χ3v) is 3.37. The highest BCUT2D eigenvalue weighted by Gasteiger charge is 2.03. The Kier molecular flexibility index (Phi) is 5.12. The monoisotopic (exact) mass is 333 g/mol. The molecule has 0 saturated carbocycles. The second-order valence-electron chi connectivity index (χ2n) is 4.50. The number of nitrogens with one attached hydrogen (secondary N) is 1. The molecule has 5 heteroatoms. The van der Waals surface area contributed by atoms with Gasteiger partial charge in [0.2, 0.25) is 5.91 Å². The summed E-state index contributed by atoms with van der Waals surface area (Å²) in [4.78, 5) is 15.8. The topological polar surface area (TPSA) is 68.0 Å². The van der Waals surface area contributed by atoms with E-state index >= 15 is 0 Å². The number of carbonyl (C=O) groups excluding carboxylic acids is 1. The summed E-state index contributed by atoms with van der Waals surface area (Å²) in [6.45, 7) is 0. The highest BCUT2D eigenvalue weighted by molar-refractivity contribution is 9.10. The first kappa shape index (κ1) is 14.5. The van der Waals surface area contributed by atoms with E-state index in [0.29, 0.717) is 17.9 Å². The van der Waals surface area contributed by atoms with Crippen molar-refractivity contribution in [2.45, 2.75) is 19.3 Å². The molecule has 0 aliphatic rings. The van der Waals surface area contributed by atoms with E-state index in [4.69, 9.17) is 5.73 Å². The maximum absolute atomic E-state index is 11.8. The van der Waals surface area contributed by atoms with Gasteiger partial charge in [0.25, 0.3) is 0 Å². The van der Waals surface area contributed by atoms with Crippen LogP contribution in [0, 0.1) is 0 Å². The summed E-state index contributed by atoms with van der Waals surface area (Å²) in [5, 5.41) is 2.75. The fourth-order valence-electron chi connectivity index (χ4n) is 1.79. The number of aromatic nitrogens is 1. The second kappa shape index (κ2) is 7.05. The van der Waals surface area contributed by atoms with Crippen LogP contribution in [0.4, 0.5) is 11.5 Å². The zero-order chi connectivity index (χ0) is 14.4. The second-order valence-corrected chi connectivity index (χ2v) is 5.42. The lowest BCUT2D eigenvalue weighted by Gasteiger charge is -2.05. The van der Waals surface area contributed by atoms with Crippen molar-refractivity contribution >= 4 is 33.3 Å². The third-order valence-electron chi connectivity index (χ3n) is 2.84. The summed E-state index contributed by atoms with van der Waals surface area (Å²) in [5.41, 5.74) is 7.34. The van der Waals surface area contributed by atoms with Gasteiger partial charge >= 0.3 is 0 Å². The van der Waals surface area contributed by atoms with Gasteiger partial charge in [0.15, 0.2) is 0 Å². The molecule has 3 N–H and O–H groups in total. The lowest BCUT2D eigenvalue weighted by molar-refractivity contribution is -0.116. The molecule has 1 aromatic carbocycles. The number of aryl methyl sites for hydroxylation is 1. The van der Waals surface area contributed by atoms with Gasteiger partial charge in [0, 0.05) is 10.9 Å². The average Bonchev–Trinajstić information content (AvgIpc) is 2.44. The van der Waals surface area contributed by atoms with E-state index in [1.165, 1.54) is 11.8 Å². The van der Waals surface area contributed by atoms with Crippen molar-refractivity contribution in [2.75, 3.05) is 11.1 Å². The Morgan fingerprint density at radius 2 is 1.95 bits per heavy atom. The van der Waals surface area contributed by atoms with Gasteiger partial charge in [0.05, 0.1) is 11.9 Å². The van der Waals surface area contributed by atoms with E-state index in [1.54, 1.807) is 12.1 Å². The predicted octanol–water partition coefficient (Wildman–Crippen LogP) is 3.39. The summed E-state index contributed by atoms with van der Waals surface area (Å²) in [5.74, 6) is 0.507. The Balaban J connectivity index is 1.75. The van der Waals surface area contributed by atoms with Crippen LogP contribution in [0.3, 0.4) is 0 Å². The molecule has 4 nitrogen and oxygen atoms in total. The minimum atomic E-state index is -0.0283. The smallest absolute Gasteiger partial charge is 0.225 e. The molecule has 0 atom stereocenters. The minimum Gasteiger partial charge on any atom is -0.397 e. The van der Waals surface area contributed by atoms with Crippen LogP contribution in [0.1, 0.15) is 18.4 Å². The number of carbonyl (C=O) groups is 1. The van der Waals surface area contributed by atoms with Crippen molar-refractivity contribution in [3.05, 3.63) is 52.6 Å². The number of hydrogen-bond donors (Lipinski definition) is 2. The number of nitrogens with zero attached hydrogens (tertiary/aromatic N) is 1. The molecule has 0 bridgehead atoms. The molecule has 104 valence electrons. The molecule has 1 heterocycles. The average molecular weight is 334 g/mol. The minimum absolute atomic E-state index is 0.0283. The molecule has 0 radical (unpaired) electrons. The Labute approximate surface area is 126 Å². The van der Waals surface area contributed by atoms with E-state index < -0.39 is 0 Å². The van der Waals surface area contributed by atoms with Gasteiger partial charge in [-0.3, -0.25) is 4.79 Å². The van der Waals surface area contributed by atoms with Crippen LogP contribution in [0.5, 0.6) is 0 Å². The fourth-order valence-corrected chi connectivity index (χ4v) is 2.05. The zero-order valence-electron chi connectivity index (χ0n) is 11.0. The van der Waals surface area contributed by atoms with Gasteiger partial charge in [-0.2, -0.15) is 0 Å². The molecule has 0 aliphatic carbocycles. The highest BCUT2D eigenvalue weighted by Crippen LogP contribution is 2.13. The number of halogens is 1. The van der Waals surface area contributed by atoms with E-state index in [2.05, 4.69) is 38.4 Å². The fraction of sp³-hybridized carbons (Fsp3) is 0.200. The van der Waals surface area contributed by atoms with E-state index in [-0.39, 0.29) is 5.91 Å². The summed E-state index contributed by atoms with van der Waals surface area (Å²) < 4.78 is 1.06. The van der Waals surface area contributed by atoms with Crippen molar-refractivity contribution in [3.63, 3.8) is 0 Å². The molecule has 2 rings (SSSR count). The standard InChI is InChI=1S/C15H16BrN3O/c16-12-6-4-11(5-7-12)2-1-3-15(20)19-14-9-8-13(17)10-18-14/h4-10H,1-3,17H2,(H,18,19,20). The maximum Gasteiger partial charge on any atom is 0.225 e. The molecule has 20 heavy (non-hydrogen) atoms. The van der Waals surface area contributed by atoms with Gasteiger partial charge in [-0.25, -0.2) is 4.98 Å². The number of pyridine rings is 1. The highest BCUT2D eigenvalue weighted by atomic mass is 79.9. The van der Waals surface area contributed by atoms with Crippen LogP contribution >= 0.6 is 15.9 Å². The molecule has 0 spiro atoms. The summed E-state index contributed by atoms with van der Waals surface area (Å²) in [7, 11) is 0. The zero-order valence-corrected chi connectivity index (χ0v) is 12.6. The number of nitrogen functional groups attached to an aromatic ring is 1. The SMILES string of the molecule is Nc1ccc(NC(=O)CCCc2ccc(Br)cc2)nc1. The van der Waals surface area contributed by atoms with E-state index in [9.17, 15) is 4.79 Å². The first-order chi connectivity index (χ1) is 9.63. The lowest BCUT2D eigenvalue weighted by Crippen LogP contribution is -2.12. The summed E-state index contributed by atoms with van der Waals surface area (Å²) >= 11 is 3.40. The number of nitrogens with two attached hydrogens (primary N) is 1. The first-order valence-corrected chi connectivity index (χ1v) is 7.18. The number of rotatable bonds is 5. The summed E-state index contributed by atoms with van der Waals surface area (Å²) in [6.07, 6.45) is 3.69. The number of anilines is 2. The first-order valence-electron chi connectivity index (χ1n) is 6.39. The predicted molar refractivity (Wildman–Crippen MR) is 84.4 cm³/mol. The Hall–Kier alpha value is -1.88. The molecule has 2 aromatic rings. The molecular weight excluding hydrogens is 318 g/mol. The van der Waals surface area contributed by atoms with Crippen LogP contribution in [-0.4, -0.2) is 10.9 Å². The van der Waals surface area contributed by atoms with E-state index in [0.717, 1.165) is 17.3 Å². The van der Waals surface area contributed by atoms with Crippen molar-refractivity contribution in [2.24, 2.45) is 0 Å². The molecule has 1 aromatic heterocycles. The number of amides is 1. The van der Waals surface area contributed by atoms with Gasteiger partial charge in [-0.1, -0.05) is 28.1 Å². The molecule has 0 fully saturated rings. The number of benzene rings is 1. The van der Waals surface area contributed by atoms with Crippen molar-refractivity contribution in [3.8, 4) is 0 Å². The van der Waals surface area contributed by atoms with Crippen molar-refractivity contribution in [1.29, 1.82) is 0 Å². The van der Waals surface area contributed by atoms with Crippen LogP contribution in [0.25, 0.3) is 0 Å². The van der Waals surface area contributed by atoms with Gasteiger partial charge < -0.3 is 11.1 Å². The van der Waals surface area contributed by atoms with Crippen molar-refractivity contribution in [1.82, 2.24) is 4.98 Å². The Morgan fingerprint density at radius 3 is 2.60 bits per heavy atom. The maximum atomic E-state index is 11.8. The van der Waals surface area contributed by atoms with Crippen molar-refractivity contribution < 1.29 is 4.79 Å².